The van der Waals surface area contributed by atoms with Crippen LogP contribution in [0.25, 0.3) is 0 Å². The fourth-order valence-electron chi connectivity index (χ4n) is 2.34. The van der Waals surface area contributed by atoms with Gasteiger partial charge in [0.15, 0.2) is 0 Å². The molecule has 0 spiro atoms. The molecule has 1 aliphatic rings. The highest BCUT2D eigenvalue weighted by Gasteiger charge is 2.24. The topological polar surface area (TPSA) is 52.7 Å². The maximum Gasteiger partial charge on any atom is 0.254 e. The summed E-state index contributed by atoms with van der Waals surface area (Å²) in [5.41, 5.74) is 0.562. The molecule has 1 aromatic rings. The first kappa shape index (κ1) is 16.0. The number of rotatable bonds is 3. The third-order valence-electron chi connectivity index (χ3n) is 3.31. The van der Waals surface area contributed by atoms with Crippen molar-refractivity contribution in [3.63, 3.8) is 0 Å². The van der Waals surface area contributed by atoms with Crippen LogP contribution in [0.5, 0.6) is 0 Å². The fourth-order valence-corrected chi connectivity index (χ4v) is 2.97. The number of thiophene rings is 1. The van der Waals surface area contributed by atoms with E-state index in [2.05, 4.69) is 10.2 Å². The first-order chi connectivity index (χ1) is 9.85. The van der Waals surface area contributed by atoms with Crippen LogP contribution in [0.1, 0.15) is 31.1 Å². The van der Waals surface area contributed by atoms with E-state index < -0.39 is 0 Å². The van der Waals surface area contributed by atoms with Gasteiger partial charge in [0.2, 0.25) is 5.91 Å². The van der Waals surface area contributed by atoms with Gasteiger partial charge in [-0.05, 0) is 32.2 Å². The van der Waals surface area contributed by atoms with Crippen molar-refractivity contribution in [1.82, 2.24) is 15.1 Å². The molecule has 2 heterocycles. The third kappa shape index (κ3) is 4.82. The number of amides is 2. The van der Waals surface area contributed by atoms with E-state index >= 15 is 0 Å². The summed E-state index contributed by atoms with van der Waals surface area (Å²) in [6, 6.07) is 1.86. The van der Waals surface area contributed by atoms with Crippen molar-refractivity contribution >= 4 is 23.2 Å². The Labute approximate surface area is 129 Å². The van der Waals surface area contributed by atoms with E-state index in [0.29, 0.717) is 19.6 Å². The van der Waals surface area contributed by atoms with Gasteiger partial charge < -0.3 is 10.2 Å². The van der Waals surface area contributed by atoms with Crippen LogP contribution in [0.2, 0.25) is 0 Å². The quantitative estimate of drug-likeness (QED) is 0.919. The highest BCUT2D eigenvalue weighted by molar-refractivity contribution is 7.08. The average Bonchev–Trinajstić information content (AvgIpc) is 2.90. The summed E-state index contributed by atoms with van der Waals surface area (Å²) in [5, 5.41) is 6.76. The molecule has 0 saturated carbocycles. The largest absolute Gasteiger partial charge is 0.350 e. The van der Waals surface area contributed by atoms with Gasteiger partial charge in [-0.1, -0.05) is 0 Å². The Balaban J connectivity index is 1.78. The molecule has 116 valence electrons. The number of piperazine rings is 1. The van der Waals surface area contributed by atoms with E-state index in [1.54, 1.807) is 0 Å². The van der Waals surface area contributed by atoms with Crippen LogP contribution >= 0.6 is 11.3 Å². The van der Waals surface area contributed by atoms with Crippen LogP contribution < -0.4 is 5.32 Å². The predicted molar refractivity (Wildman–Crippen MR) is 84.6 cm³/mol. The molecule has 5 nitrogen and oxygen atoms in total. The number of nitrogens with one attached hydrogen (secondary N) is 1. The summed E-state index contributed by atoms with van der Waals surface area (Å²) in [6.45, 7) is 9.17. The van der Waals surface area contributed by atoms with Crippen molar-refractivity contribution in [1.29, 1.82) is 0 Å². The molecule has 0 bridgehead atoms. The second-order valence-corrected chi connectivity index (χ2v) is 7.16. The van der Waals surface area contributed by atoms with E-state index in [4.69, 9.17) is 0 Å². The number of hydrogen-bond donors (Lipinski definition) is 1. The van der Waals surface area contributed by atoms with E-state index in [-0.39, 0.29) is 17.4 Å². The lowest BCUT2D eigenvalue weighted by atomic mass is 10.1. The van der Waals surface area contributed by atoms with Gasteiger partial charge in [-0.3, -0.25) is 14.5 Å². The Hall–Kier alpha value is -1.40. The Bertz CT molecular complexity index is 486. The molecule has 6 heteroatoms. The summed E-state index contributed by atoms with van der Waals surface area (Å²) >= 11 is 1.54. The molecule has 0 radical (unpaired) electrons. The Morgan fingerprint density at radius 2 is 1.90 bits per heavy atom. The van der Waals surface area contributed by atoms with E-state index in [1.165, 1.54) is 11.3 Å². The molecule has 1 saturated heterocycles. The lowest BCUT2D eigenvalue weighted by Gasteiger charge is -2.34. The number of nitrogens with zero attached hydrogens (tertiary/aromatic N) is 2. The maximum atomic E-state index is 12.2. The van der Waals surface area contributed by atoms with Gasteiger partial charge in [0.1, 0.15) is 0 Å². The molecule has 1 fully saturated rings. The molecule has 1 N–H and O–H groups in total. The minimum atomic E-state index is -0.201. The number of carbonyl (C=O) groups excluding carboxylic acids is 2. The Morgan fingerprint density at radius 3 is 2.43 bits per heavy atom. The number of hydrogen-bond acceptors (Lipinski definition) is 4. The van der Waals surface area contributed by atoms with Crippen LogP contribution in [0.4, 0.5) is 0 Å². The lowest BCUT2D eigenvalue weighted by molar-refractivity contribution is -0.124. The molecule has 1 aromatic heterocycles. The second-order valence-electron chi connectivity index (χ2n) is 6.38. The summed E-state index contributed by atoms with van der Waals surface area (Å²) in [5.74, 6) is 0.134. The van der Waals surface area contributed by atoms with Gasteiger partial charge in [-0.15, -0.1) is 0 Å². The third-order valence-corrected chi connectivity index (χ3v) is 3.99. The zero-order chi connectivity index (χ0) is 15.5. The van der Waals surface area contributed by atoms with E-state index in [9.17, 15) is 9.59 Å². The highest BCUT2D eigenvalue weighted by atomic mass is 32.1. The summed E-state index contributed by atoms with van der Waals surface area (Å²) < 4.78 is 0. The predicted octanol–water partition coefficient (Wildman–Crippen LogP) is 1.42. The SMILES string of the molecule is CC(C)(C)NC(=O)CN1CCN(C(=O)c2ccsc2)CC1. The fraction of sp³-hybridized carbons (Fsp3) is 0.600. The van der Waals surface area contributed by atoms with E-state index in [0.717, 1.165) is 18.7 Å². The molecule has 21 heavy (non-hydrogen) atoms. The molecule has 1 aliphatic heterocycles. The van der Waals surface area contributed by atoms with Crippen molar-refractivity contribution in [2.75, 3.05) is 32.7 Å². The van der Waals surface area contributed by atoms with Crippen molar-refractivity contribution in [3.8, 4) is 0 Å². The lowest BCUT2D eigenvalue weighted by Crippen LogP contribution is -2.52. The van der Waals surface area contributed by atoms with Crippen LogP contribution in [-0.2, 0) is 4.79 Å². The van der Waals surface area contributed by atoms with Crippen molar-refractivity contribution in [3.05, 3.63) is 22.4 Å². The summed E-state index contributed by atoms with van der Waals surface area (Å²) in [4.78, 5) is 28.1. The van der Waals surface area contributed by atoms with Gasteiger partial charge in [0.25, 0.3) is 5.91 Å². The average molecular weight is 309 g/mol. The molecular formula is C15H23N3O2S. The van der Waals surface area contributed by atoms with Gasteiger partial charge in [-0.2, -0.15) is 11.3 Å². The molecule has 0 aliphatic carbocycles. The van der Waals surface area contributed by atoms with Gasteiger partial charge >= 0.3 is 0 Å². The summed E-state index contributed by atoms with van der Waals surface area (Å²) in [6.07, 6.45) is 0. The van der Waals surface area contributed by atoms with Crippen LogP contribution in [0, 0.1) is 0 Å². The Kier molecular flexibility index (Phi) is 5.00. The Morgan fingerprint density at radius 1 is 1.24 bits per heavy atom. The normalized spacial score (nSPS) is 16.8. The van der Waals surface area contributed by atoms with Gasteiger partial charge in [0.05, 0.1) is 12.1 Å². The molecule has 0 unspecified atom stereocenters. The first-order valence-corrected chi connectivity index (χ1v) is 8.14. The minimum Gasteiger partial charge on any atom is -0.350 e. The number of carbonyl (C=O) groups is 2. The van der Waals surface area contributed by atoms with Gasteiger partial charge in [-0.25, -0.2) is 0 Å². The molecule has 2 rings (SSSR count). The smallest absolute Gasteiger partial charge is 0.254 e. The molecule has 0 aromatic carbocycles. The van der Waals surface area contributed by atoms with E-state index in [1.807, 2.05) is 42.5 Å². The standard InChI is InChI=1S/C15H23N3O2S/c1-15(2,3)16-13(19)10-17-5-7-18(8-6-17)14(20)12-4-9-21-11-12/h4,9,11H,5-8,10H2,1-3H3,(H,16,19). The minimum absolute atomic E-state index is 0.0418. The zero-order valence-electron chi connectivity index (χ0n) is 12.9. The molecule has 2 amide bonds. The first-order valence-electron chi connectivity index (χ1n) is 7.20. The van der Waals surface area contributed by atoms with Crippen LogP contribution in [0.15, 0.2) is 16.8 Å². The second kappa shape index (κ2) is 6.58. The molecule has 0 atom stereocenters. The maximum absolute atomic E-state index is 12.2. The zero-order valence-corrected chi connectivity index (χ0v) is 13.7. The summed E-state index contributed by atoms with van der Waals surface area (Å²) in [7, 11) is 0. The highest BCUT2D eigenvalue weighted by Crippen LogP contribution is 2.12. The van der Waals surface area contributed by atoms with Crippen molar-refractivity contribution in [2.24, 2.45) is 0 Å². The monoisotopic (exact) mass is 309 g/mol. The van der Waals surface area contributed by atoms with Crippen LogP contribution in [-0.4, -0.2) is 59.9 Å². The van der Waals surface area contributed by atoms with Crippen molar-refractivity contribution < 1.29 is 9.59 Å². The molecular weight excluding hydrogens is 286 g/mol. The van der Waals surface area contributed by atoms with Crippen molar-refractivity contribution in [2.45, 2.75) is 26.3 Å². The van der Waals surface area contributed by atoms with Crippen LogP contribution in [0.3, 0.4) is 0 Å². The van der Waals surface area contributed by atoms with Gasteiger partial charge in [0, 0.05) is 37.1 Å².